The number of hydrogen-bond donors (Lipinski definition) is 4. The van der Waals surface area contributed by atoms with E-state index in [-0.39, 0.29) is 11.4 Å². The maximum Gasteiger partial charge on any atom is 0.281 e. The molecule has 1 heterocycles. The van der Waals surface area contributed by atoms with Crippen LogP contribution in [0.3, 0.4) is 0 Å². The Morgan fingerprint density at radius 1 is 1.71 bits per heavy atom. The summed E-state index contributed by atoms with van der Waals surface area (Å²) in [6.07, 6.45) is 0. The number of H-pyrrole nitrogens is 1. The van der Waals surface area contributed by atoms with Crippen molar-refractivity contribution in [3.63, 3.8) is 0 Å². The minimum atomic E-state index is -0.820. The van der Waals surface area contributed by atoms with Crippen LogP contribution in [-0.4, -0.2) is 16.0 Å². The molecule has 0 fully saturated rings. The van der Waals surface area contributed by atoms with Crippen molar-refractivity contribution in [3.05, 3.63) is 27.7 Å². The van der Waals surface area contributed by atoms with E-state index in [0.717, 1.165) is 6.07 Å². The molecule has 0 spiro atoms. The average molecular weight is 194 g/mol. The molecule has 0 bridgehead atoms. The van der Waals surface area contributed by atoms with Gasteiger partial charge in [-0.25, -0.2) is 5.84 Å². The molecule has 0 saturated heterocycles. The van der Waals surface area contributed by atoms with Crippen LogP contribution >= 0.6 is 0 Å². The molecule has 0 aliphatic rings. The maximum absolute atomic E-state index is 11.0. The SMILES string of the molecule is N#Cc1[nH]c(C(=O)NN)cc(=O)c1O. The second-order valence-electron chi connectivity index (χ2n) is 2.36. The summed E-state index contributed by atoms with van der Waals surface area (Å²) in [7, 11) is 0. The number of nitrogens with zero attached hydrogens (tertiary/aromatic N) is 1. The van der Waals surface area contributed by atoms with Crippen molar-refractivity contribution in [2.24, 2.45) is 5.84 Å². The van der Waals surface area contributed by atoms with E-state index >= 15 is 0 Å². The third-order valence-corrected chi connectivity index (χ3v) is 1.49. The van der Waals surface area contributed by atoms with Gasteiger partial charge < -0.3 is 10.1 Å². The van der Waals surface area contributed by atoms with Crippen molar-refractivity contribution >= 4 is 5.91 Å². The number of nitrogen functional groups attached to an aromatic ring is 1. The van der Waals surface area contributed by atoms with Gasteiger partial charge in [-0.1, -0.05) is 0 Å². The fourth-order valence-corrected chi connectivity index (χ4v) is 0.834. The lowest BCUT2D eigenvalue weighted by Gasteiger charge is -2.00. The zero-order chi connectivity index (χ0) is 10.7. The molecule has 72 valence electrons. The van der Waals surface area contributed by atoms with Crippen LogP contribution in [0.2, 0.25) is 0 Å². The van der Waals surface area contributed by atoms with Crippen molar-refractivity contribution < 1.29 is 9.90 Å². The Kier molecular flexibility index (Phi) is 2.50. The van der Waals surface area contributed by atoms with Gasteiger partial charge in [0.25, 0.3) is 5.91 Å². The fraction of sp³-hybridized carbons (Fsp3) is 0. The summed E-state index contributed by atoms with van der Waals surface area (Å²) in [5.74, 6) is 3.34. The van der Waals surface area contributed by atoms with Crippen molar-refractivity contribution in [1.82, 2.24) is 10.4 Å². The number of hydrogen-bond acceptors (Lipinski definition) is 5. The number of aromatic amines is 1. The second-order valence-corrected chi connectivity index (χ2v) is 2.36. The maximum atomic E-state index is 11.0. The van der Waals surface area contributed by atoms with Gasteiger partial charge in [0.05, 0.1) is 0 Å². The minimum absolute atomic E-state index is 0.188. The van der Waals surface area contributed by atoms with Crippen molar-refractivity contribution in [2.45, 2.75) is 0 Å². The van der Waals surface area contributed by atoms with Gasteiger partial charge in [0.15, 0.2) is 11.4 Å². The quantitative estimate of drug-likeness (QED) is 0.247. The molecule has 0 aromatic carbocycles. The van der Waals surface area contributed by atoms with Gasteiger partial charge >= 0.3 is 0 Å². The van der Waals surface area contributed by atoms with Crippen LogP contribution in [0, 0.1) is 11.3 Å². The Morgan fingerprint density at radius 3 is 2.86 bits per heavy atom. The zero-order valence-corrected chi connectivity index (χ0v) is 6.87. The van der Waals surface area contributed by atoms with Crippen molar-refractivity contribution in [2.75, 3.05) is 0 Å². The third kappa shape index (κ3) is 1.55. The molecule has 0 atom stereocenters. The first-order valence-electron chi connectivity index (χ1n) is 3.47. The minimum Gasteiger partial charge on any atom is -0.502 e. The summed E-state index contributed by atoms with van der Waals surface area (Å²) >= 11 is 0. The molecule has 0 aliphatic heterocycles. The first kappa shape index (κ1) is 9.76. The molecule has 0 aliphatic carbocycles. The number of aromatic nitrogens is 1. The monoisotopic (exact) mass is 194 g/mol. The first-order valence-corrected chi connectivity index (χ1v) is 3.47. The summed E-state index contributed by atoms with van der Waals surface area (Å²) in [6.45, 7) is 0. The number of nitrogens with two attached hydrogens (primary N) is 1. The molecule has 1 rings (SSSR count). The third-order valence-electron chi connectivity index (χ3n) is 1.49. The van der Waals surface area contributed by atoms with Gasteiger partial charge in [-0.05, 0) is 0 Å². The van der Waals surface area contributed by atoms with E-state index in [1.165, 1.54) is 6.07 Å². The summed E-state index contributed by atoms with van der Waals surface area (Å²) in [5, 5.41) is 17.5. The van der Waals surface area contributed by atoms with Crippen LogP contribution in [0.25, 0.3) is 0 Å². The van der Waals surface area contributed by atoms with E-state index in [0.29, 0.717) is 0 Å². The Morgan fingerprint density at radius 2 is 2.36 bits per heavy atom. The lowest BCUT2D eigenvalue weighted by Crippen LogP contribution is -2.31. The molecule has 0 unspecified atom stereocenters. The van der Waals surface area contributed by atoms with E-state index in [1.807, 2.05) is 0 Å². The number of nitriles is 1. The van der Waals surface area contributed by atoms with Crippen LogP contribution in [0.5, 0.6) is 5.75 Å². The Labute approximate surface area is 77.8 Å². The van der Waals surface area contributed by atoms with Gasteiger partial charge in [0, 0.05) is 6.07 Å². The highest BCUT2D eigenvalue weighted by Gasteiger charge is 2.11. The van der Waals surface area contributed by atoms with E-state index in [2.05, 4.69) is 4.98 Å². The normalized spacial score (nSPS) is 9.14. The molecule has 7 nitrogen and oxygen atoms in total. The molecule has 7 heteroatoms. The van der Waals surface area contributed by atoms with Gasteiger partial charge in [-0.3, -0.25) is 15.0 Å². The largest absolute Gasteiger partial charge is 0.502 e. The Bertz CT molecular complexity index is 471. The lowest BCUT2D eigenvalue weighted by molar-refractivity contribution is 0.0948. The van der Waals surface area contributed by atoms with Gasteiger partial charge in [-0.2, -0.15) is 5.26 Å². The van der Waals surface area contributed by atoms with Crippen molar-refractivity contribution in [3.8, 4) is 11.8 Å². The van der Waals surface area contributed by atoms with E-state index in [1.54, 1.807) is 5.43 Å². The number of rotatable bonds is 1. The molecule has 14 heavy (non-hydrogen) atoms. The summed E-state index contributed by atoms with van der Waals surface area (Å²) in [6, 6.07) is 2.37. The number of carbonyl (C=O) groups is 1. The standard InChI is InChI=1S/C7H6N4O3/c8-2-4-6(13)5(12)1-3(10-4)7(14)11-9/h1,13H,9H2,(H,10,12)(H,11,14). The van der Waals surface area contributed by atoms with Crippen LogP contribution < -0.4 is 16.7 Å². The molecule has 1 aromatic rings. The highest BCUT2D eigenvalue weighted by atomic mass is 16.3. The second kappa shape index (κ2) is 3.59. The zero-order valence-electron chi connectivity index (χ0n) is 6.87. The van der Waals surface area contributed by atoms with Crippen LogP contribution in [0.15, 0.2) is 10.9 Å². The first-order chi connectivity index (χ1) is 6.60. The van der Waals surface area contributed by atoms with Crippen LogP contribution in [0.1, 0.15) is 16.2 Å². The van der Waals surface area contributed by atoms with E-state index in [4.69, 9.17) is 16.2 Å². The van der Waals surface area contributed by atoms with Crippen LogP contribution in [-0.2, 0) is 0 Å². The molecule has 1 amide bonds. The number of amides is 1. The highest BCUT2D eigenvalue weighted by molar-refractivity contribution is 5.91. The summed E-state index contributed by atoms with van der Waals surface area (Å²) < 4.78 is 0. The summed E-state index contributed by atoms with van der Waals surface area (Å²) in [4.78, 5) is 24.2. The number of nitrogens with one attached hydrogen (secondary N) is 2. The van der Waals surface area contributed by atoms with Gasteiger partial charge in [0.2, 0.25) is 5.43 Å². The predicted octanol–water partition coefficient (Wildman–Crippen LogP) is -1.44. The molecule has 0 radical (unpaired) electrons. The number of pyridine rings is 1. The number of carbonyl (C=O) groups excluding carboxylic acids is 1. The summed E-state index contributed by atoms with van der Waals surface area (Å²) in [5.41, 5.74) is 0.392. The smallest absolute Gasteiger partial charge is 0.281 e. The fourth-order valence-electron chi connectivity index (χ4n) is 0.834. The lowest BCUT2D eigenvalue weighted by atomic mass is 10.2. The molecular formula is C7H6N4O3. The van der Waals surface area contributed by atoms with Gasteiger partial charge in [0.1, 0.15) is 11.8 Å². The van der Waals surface area contributed by atoms with E-state index in [9.17, 15) is 9.59 Å². The Balaban J connectivity index is 3.39. The number of hydrazine groups is 1. The average Bonchev–Trinajstić information content (AvgIpc) is 2.20. The number of aromatic hydroxyl groups is 1. The Hall–Kier alpha value is -2.33. The van der Waals surface area contributed by atoms with Crippen molar-refractivity contribution in [1.29, 1.82) is 5.26 Å². The predicted molar refractivity (Wildman–Crippen MR) is 45.1 cm³/mol. The van der Waals surface area contributed by atoms with Gasteiger partial charge in [-0.15, -0.1) is 0 Å². The topological polar surface area (TPSA) is 132 Å². The van der Waals surface area contributed by atoms with Crippen LogP contribution in [0.4, 0.5) is 0 Å². The molecule has 0 saturated carbocycles. The molecule has 1 aromatic heterocycles. The van der Waals surface area contributed by atoms with E-state index < -0.39 is 17.1 Å². The highest BCUT2D eigenvalue weighted by Crippen LogP contribution is 2.06. The molecule has 5 N–H and O–H groups in total. The molecular weight excluding hydrogens is 188 g/mol.